The Bertz CT molecular complexity index is 8350. The van der Waals surface area contributed by atoms with Gasteiger partial charge in [-0.1, -0.05) is 461 Å². The molecule has 25 aromatic carbocycles. The van der Waals surface area contributed by atoms with Crippen LogP contribution in [-0.4, -0.2) is 0 Å². The molecule has 0 saturated carbocycles. The first kappa shape index (κ1) is 73.1. The normalized spacial score (nSPS) is 11.5. The summed E-state index contributed by atoms with van der Waals surface area (Å²) in [5, 5.41) is 33.2. The molecular formula is C124H80. The Morgan fingerprint density at radius 3 is 0.694 bits per heavy atom. The van der Waals surface area contributed by atoms with Gasteiger partial charge in [0.05, 0.1) is 0 Å². The van der Waals surface area contributed by atoms with Crippen LogP contribution >= 0.6 is 0 Å². The fourth-order valence-corrected chi connectivity index (χ4v) is 20.3. The van der Waals surface area contributed by atoms with E-state index >= 15 is 0 Å². The van der Waals surface area contributed by atoms with Gasteiger partial charge >= 0.3 is 0 Å². The van der Waals surface area contributed by atoms with Gasteiger partial charge in [0.1, 0.15) is 0 Å². The van der Waals surface area contributed by atoms with E-state index in [1.54, 1.807) is 0 Å². The number of fused-ring (bicyclic) bond motifs is 15. The Balaban J connectivity index is 0.000000109. The van der Waals surface area contributed by atoms with Crippen LogP contribution in [0.2, 0.25) is 0 Å². The molecule has 576 valence electrons. The van der Waals surface area contributed by atoms with Crippen molar-refractivity contribution < 1.29 is 0 Å². The van der Waals surface area contributed by atoms with Crippen molar-refractivity contribution in [2.75, 3.05) is 0 Å². The van der Waals surface area contributed by atoms with Crippen molar-refractivity contribution in [1.29, 1.82) is 0 Å². The van der Waals surface area contributed by atoms with E-state index in [-0.39, 0.29) is 0 Å². The van der Waals surface area contributed by atoms with Gasteiger partial charge < -0.3 is 0 Å². The highest BCUT2D eigenvalue weighted by Crippen LogP contribution is 2.51. The first-order chi connectivity index (χ1) is 61.6. The molecule has 124 heavy (non-hydrogen) atoms. The minimum atomic E-state index is 1.23. The van der Waals surface area contributed by atoms with Crippen molar-refractivity contribution in [2.24, 2.45) is 0 Å². The number of rotatable bonds is 9. The van der Waals surface area contributed by atoms with Crippen molar-refractivity contribution in [3.63, 3.8) is 0 Å². The summed E-state index contributed by atoms with van der Waals surface area (Å²) in [7, 11) is 0. The largest absolute Gasteiger partial charge is 0.0622 e. The van der Waals surface area contributed by atoms with Gasteiger partial charge in [-0.2, -0.15) is 0 Å². The summed E-state index contributed by atoms with van der Waals surface area (Å²) in [6.07, 6.45) is 0. The first-order valence-corrected chi connectivity index (χ1v) is 43.0. The van der Waals surface area contributed by atoms with Crippen LogP contribution in [0.1, 0.15) is 0 Å². The van der Waals surface area contributed by atoms with Crippen molar-refractivity contribution >= 4 is 140 Å². The lowest BCUT2D eigenvalue weighted by Gasteiger charge is -2.20. The van der Waals surface area contributed by atoms with Crippen LogP contribution in [0.15, 0.2) is 485 Å². The smallest absolute Gasteiger partial charge is 0.00199 e. The Kier molecular flexibility index (Phi) is 18.4. The van der Waals surface area contributed by atoms with E-state index in [4.69, 9.17) is 0 Å². The second kappa shape index (κ2) is 31.2. The van der Waals surface area contributed by atoms with E-state index in [1.165, 1.54) is 240 Å². The fourth-order valence-electron chi connectivity index (χ4n) is 20.3. The first-order valence-electron chi connectivity index (χ1n) is 43.0. The second-order valence-corrected chi connectivity index (χ2v) is 32.6. The summed E-state index contributed by atoms with van der Waals surface area (Å²) in [6.45, 7) is 0. The molecule has 0 unspecified atom stereocenters. The lowest BCUT2D eigenvalue weighted by molar-refractivity contribution is 1.63. The molecule has 0 heterocycles. The van der Waals surface area contributed by atoms with Crippen molar-refractivity contribution in [3.05, 3.63) is 485 Å². The summed E-state index contributed by atoms with van der Waals surface area (Å²) in [5.74, 6) is 0. The van der Waals surface area contributed by atoms with E-state index in [0.717, 1.165) is 0 Å². The van der Waals surface area contributed by atoms with Gasteiger partial charge in [-0.05, 0) is 264 Å². The van der Waals surface area contributed by atoms with E-state index in [9.17, 15) is 0 Å². The predicted octanol–water partition coefficient (Wildman–Crippen LogP) is 35.1. The molecule has 0 atom stereocenters. The maximum atomic E-state index is 2.40. The summed E-state index contributed by atoms with van der Waals surface area (Å²) in [5.41, 5.74) is 22.8. The molecule has 0 saturated heterocycles. The third kappa shape index (κ3) is 12.7. The lowest BCUT2D eigenvalue weighted by atomic mass is 9.83. The van der Waals surface area contributed by atoms with Crippen LogP contribution in [0.25, 0.3) is 240 Å². The summed E-state index contributed by atoms with van der Waals surface area (Å²) in [6, 6.07) is 177. The zero-order chi connectivity index (χ0) is 82.0. The van der Waals surface area contributed by atoms with Crippen molar-refractivity contribution in [3.8, 4) is 100 Å². The van der Waals surface area contributed by atoms with Crippen LogP contribution in [0.3, 0.4) is 0 Å². The quantitative estimate of drug-likeness (QED) is 0.0998. The minimum Gasteiger partial charge on any atom is -0.0622 e. The highest BCUT2D eigenvalue weighted by atomic mass is 14.3. The standard InChI is InChI=1S/C48H30.C40H26.C36H24/c1-3-18-35-32(14-1)29-45(39-22-7-5-20-37(35)39)31-16-13-17-34(28-31)47-41-24-9-11-26-43(41)48(44-27-12-10-25-42(44)47)46-30-33-15-2-4-19-36(33)38-21-6-8-23-40(38)46;1-3-15-31-27(11-1)13-9-21-32(31)29-23-25-30(26-24-29)39-35-17-5-7-19-37(35)40(38-20-8-6-18-36(38)39)34-22-10-14-28-12-2-4-16-33(28)34;1-2-13-26(14-3-1)35-31-19-6-8-21-33(31)36(34-22-9-7-20-32(34)35)28-17-10-16-27(24-28)30-23-11-15-25-12-4-5-18-29(25)30/h1-30H;1-26H;1-24H. The van der Waals surface area contributed by atoms with Gasteiger partial charge in [0.2, 0.25) is 0 Å². The van der Waals surface area contributed by atoms with Crippen LogP contribution < -0.4 is 0 Å². The molecule has 0 spiro atoms. The topological polar surface area (TPSA) is 0 Å². The third-order valence-electron chi connectivity index (χ3n) is 25.7. The Hall–Kier alpha value is -16.1. The van der Waals surface area contributed by atoms with Gasteiger partial charge in [-0.3, -0.25) is 0 Å². The maximum absolute atomic E-state index is 2.40. The Labute approximate surface area is 720 Å². The number of hydrogen-bond donors (Lipinski definition) is 0. The minimum absolute atomic E-state index is 1.23. The van der Waals surface area contributed by atoms with Gasteiger partial charge in [0, 0.05) is 0 Å². The molecule has 0 fully saturated rings. The summed E-state index contributed by atoms with van der Waals surface area (Å²) < 4.78 is 0. The van der Waals surface area contributed by atoms with E-state index < -0.39 is 0 Å². The highest BCUT2D eigenvalue weighted by molar-refractivity contribution is 6.28. The van der Waals surface area contributed by atoms with E-state index in [2.05, 4.69) is 485 Å². The molecule has 0 aliphatic heterocycles. The number of benzene rings is 25. The molecule has 0 amide bonds. The molecule has 0 aromatic heterocycles. The molecule has 0 aliphatic carbocycles. The third-order valence-corrected chi connectivity index (χ3v) is 25.7. The lowest BCUT2D eigenvalue weighted by Crippen LogP contribution is -1.92. The molecular weight excluding hydrogens is 1490 g/mol. The molecule has 0 nitrogen and oxygen atoms in total. The summed E-state index contributed by atoms with van der Waals surface area (Å²) in [4.78, 5) is 0. The average molecular weight is 1570 g/mol. The molecule has 0 heteroatoms. The maximum Gasteiger partial charge on any atom is -0.00199 e. The van der Waals surface area contributed by atoms with Gasteiger partial charge in [0.25, 0.3) is 0 Å². The van der Waals surface area contributed by atoms with Gasteiger partial charge in [0.15, 0.2) is 0 Å². The van der Waals surface area contributed by atoms with E-state index in [1.807, 2.05) is 0 Å². The zero-order valence-corrected chi connectivity index (χ0v) is 68.2. The van der Waals surface area contributed by atoms with Crippen molar-refractivity contribution in [1.82, 2.24) is 0 Å². The van der Waals surface area contributed by atoms with Gasteiger partial charge in [-0.15, -0.1) is 0 Å². The number of hydrogen-bond acceptors (Lipinski definition) is 0. The van der Waals surface area contributed by atoms with Crippen LogP contribution in [0, 0.1) is 0 Å². The zero-order valence-electron chi connectivity index (χ0n) is 68.2. The highest BCUT2D eigenvalue weighted by Gasteiger charge is 2.24. The summed E-state index contributed by atoms with van der Waals surface area (Å²) >= 11 is 0. The SMILES string of the molecule is c1cc(-c2c3ccccc3c(-c3cc4ccccc4c4ccccc34)c3ccccc23)cc(-c2cc3ccccc3c3ccccc23)c1.c1ccc(-c2c3ccccc3c(-c3cccc(-c4cccc5ccccc45)c3)c3ccccc23)cc1.c1ccc2c(-c3ccc(-c4c5ccccc5c(-c5cccc6ccccc56)c5ccccc45)cc3)cccc2c1. The van der Waals surface area contributed by atoms with Crippen LogP contribution in [-0.2, 0) is 0 Å². The van der Waals surface area contributed by atoms with Gasteiger partial charge in [-0.25, -0.2) is 0 Å². The molecule has 25 aromatic rings. The Morgan fingerprint density at radius 1 is 0.0806 bits per heavy atom. The Morgan fingerprint density at radius 2 is 0.298 bits per heavy atom. The molecule has 0 aliphatic rings. The van der Waals surface area contributed by atoms with Crippen LogP contribution in [0.5, 0.6) is 0 Å². The predicted molar refractivity (Wildman–Crippen MR) is 536 cm³/mol. The van der Waals surface area contributed by atoms with Crippen molar-refractivity contribution in [2.45, 2.75) is 0 Å². The monoisotopic (exact) mass is 1570 g/mol. The average Bonchev–Trinajstić information content (AvgIpc) is 0.730. The van der Waals surface area contributed by atoms with E-state index in [0.29, 0.717) is 0 Å². The molecule has 0 N–H and O–H groups in total. The molecule has 0 bridgehead atoms. The fraction of sp³-hybridized carbons (Fsp3) is 0. The van der Waals surface area contributed by atoms with Crippen LogP contribution in [0.4, 0.5) is 0 Å². The second-order valence-electron chi connectivity index (χ2n) is 32.6. The molecule has 0 radical (unpaired) electrons. The molecule has 25 rings (SSSR count).